The molecule has 0 aliphatic heterocycles. The summed E-state index contributed by atoms with van der Waals surface area (Å²) in [5, 5.41) is 0.492. The molecule has 1 aromatic carbocycles. The minimum atomic E-state index is -3.06. The monoisotopic (exact) mass is 307 g/mol. The quantitative estimate of drug-likeness (QED) is 0.828. The molecule has 19 heavy (non-hydrogen) atoms. The molecule has 0 saturated carbocycles. The van der Waals surface area contributed by atoms with Crippen LogP contribution in [0.4, 0.5) is 0 Å². The smallest absolute Gasteiger partial charge is 0.165 e. The van der Waals surface area contributed by atoms with Crippen molar-refractivity contribution in [3.8, 4) is 11.5 Å². The van der Waals surface area contributed by atoms with Gasteiger partial charge in [-0.2, -0.15) is 0 Å². The number of ether oxygens (including phenoxy) is 2. The van der Waals surface area contributed by atoms with Gasteiger partial charge in [-0.25, -0.2) is 8.42 Å². The lowest BCUT2D eigenvalue weighted by Crippen LogP contribution is -2.16. The van der Waals surface area contributed by atoms with E-state index in [9.17, 15) is 8.42 Å². The number of sulfone groups is 1. The fourth-order valence-electron chi connectivity index (χ4n) is 1.50. The first kappa shape index (κ1) is 16.1. The SMILES string of the molecule is CCS(=O)(=O)CCOc1c(CN)cc(Cl)cc1OC. The van der Waals surface area contributed by atoms with Gasteiger partial charge in [0.15, 0.2) is 21.3 Å². The Morgan fingerprint density at radius 3 is 2.58 bits per heavy atom. The van der Waals surface area contributed by atoms with E-state index in [0.717, 1.165) is 0 Å². The fourth-order valence-corrected chi connectivity index (χ4v) is 2.36. The second kappa shape index (κ2) is 6.98. The van der Waals surface area contributed by atoms with Gasteiger partial charge >= 0.3 is 0 Å². The zero-order valence-electron chi connectivity index (χ0n) is 11.0. The summed E-state index contributed by atoms with van der Waals surface area (Å²) in [6.45, 7) is 1.89. The lowest BCUT2D eigenvalue weighted by atomic mass is 10.2. The van der Waals surface area contributed by atoms with Crippen LogP contribution in [-0.4, -0.2) is 33.6 Å². The van der Waals surface area contributed by atoms with E-state index in [1.54, 1.807) is 19.1 Å². The van der Waals surface area contributed by atoms with Gasteiger partial charge in [-0.15, -0.1) is 0 Å². The fraction of sp³-hybridized carbons (Fsp3) is 0.500. The molecule has 5 nitrogen and oxygen atoms in total. The Hall–Kier alpha value is -0.980. The van der Waals surface area contributed by atoms with Gasteiger partial charge in [-0.3, -0.25) is 0 Å². The number of benzene rings is 1. The molecule has 0 amide bonds. The summed E-state index contributed by atoms with van der Waals surface area (Å²) in [6, 6.07) is 3.28. The third-order valence-electron chi connectivity index (χ3n) is 2.62. The zero-order valence-corrected chi connectivity index (χ0v) is 12.6. The standard InChI is InChI=1S/C12H18ClNO4S/c1-3-19(15,16)5-4-18-12-9(8-14)6-10(13)7-11(12)17-2/h6-7H,3-5,8,14H2,1-2H3. The van der Waals surface area contributed by atoms with E-state index in [2.05, 4.69) is 0 Å². The average Bonchev–Trinajstić information content (AvgIpc) is 2.39. The summed E-state index contributed by atoms with van der Waals surface area (Å²) in [5.74, 6) is 0.944. The van der Waals surface area contributed by atoms with Gasteiger partial charge in [-0.05, 0) is 6.07 Å². The maximum Gasteiger partial charge on any atom is 0.165 e. The highest BCUT2D eigenvalue weighted by Crippen LogP contribution is 2.34. The van der Waals surface area contributed by atoms with Crippen LogP contribution in [0.25, 0.3) is 0 Å². The Morgan fingerprint density at radius 1 is 1.37 bits per heavy atom. The number of rotatable bonds is 7. The summed E-state index contributed by atoms with van der Waals surface area (Å²) < 4.78 is 33.5. The number of hydrogen-bond donors (Lipinski definition) is 1. The minimum Gasteiger partial charge on any atom is -0.493 e. The Balaban J connectivity index is 2.88. The van der Waals surface area contributed by atoms with E-state index in [1.165, 1.54) is 7.11 Å². The van der Waals surface area contributed by atoms with Gasteiger partial charge in [0, 0.05) is 29.0 Å². The van der Waals surface area contributed by atoms with Gasteiger partial charge in [-0.1, -0.05) is 18.5 Å². The van der Waals surface area contributed by atoms with Crippen molar-refractivity contribution in [3.05, 3.63) is 22.7 Å². The van der Waals surface area contributed by atoms with Crippen molar-refractivity contribution in [3.63, 3.8) is 0 Å². The molecule has 2 N–H and O–H groups in total. The molecule has 0 atom stereocenters. The number of halogens is 1. The van der Waals surface area contributed by atoms with Gasteiger partial charge in [0.05, 0.1) is 12.9 Å². The summed E-state index contributed by atoms with van der Waals surface area (Å²) in [6.07, 6.45) is 0. The molecule has 0 spiro atoms. The molecule has 0 fully saturated rings. The van der Waals surface area contributed by atoms with E-state index in [1.807, 2.05) is 0 Å². The van der Waals surface area contributed by atoms with Crippen LogP contribution in [0.1, 0.15) is 12.5 Å². The highest BCUT2D eigenvalue weighted by atomic mass is 35.5. The van der Waals surface area contributed by atoms with Crippen molar-refractivity contribution in [2.45, 2.75) is 13.5 Å². The highest BCUT2D eigenvalue weighted by molar-refractivity contribution is 7.91. The number of methoxy groups -OCH3 is 1. The van der Waals surface area contributed by atoms with Crippen molar-refractivity contribution < 1.29 is 17.9 Å². The van der Waals surface area contributed by atoms with Crippen LogP contribution in [0.3, 0.4) is 0 Å². The second-order valence-corrected chi connectivity index (χ2v) is 6.79. The molecule has 0 heterocycles. The molecule has 0 aliphatic rings. The third-order valence-corrected chi connectivity index (χ3v) is 4.50. The summed E-state index contributed by atoms with van der Waals surface area (Å²) in [5.41, 5.74) is 6.29. The Morgan fingerprint density at radius 2 is 2.05 bits per heavy atom. The summed E-state index contributed by atoms with van der Waals surface area (Å²) in [4.78, 5) is 0. The van der Waals surface area contributed by atoms with Crippen LogP contribution in [0, 0.1) is 0 Å². The van der Waals surface area contributed by atoms with Crippen LogP contribution in [0.5, 0.6) is 11.5 Å². The molecule has 0 bridgehead atoms. The Bertz CT molecular complexity index is 506. The van der Waals surface area contributed by atoms with Crippen molar-refractivity contribution in [1.82, 2.24) is 0 Å². The van der Waals surface area contributed by atoms with Crippen LogP contribution in [-0.2, 0) is 16.4 Å². The molecule has 108 valence electrons. The molecule has 0 aromatic heterocycles. The molecule has 0 unspecified atom stereocenters. The molecular weight excluding hydrogens is 290 g/mol. The van der Waals surface area contributed by atoms with Crippen LogP contribution >= 0.6 is 11.6 Å². The molecular formula is C12H18ClNO4S. The normalized spacial score (nSPS) is 11.4. The summed E-state index contributed by atoms with van der Waals surface area (Å²) in [7, 11) is -1.57. The lowest BCUT2D eigenvalue weighted by molar-refractivity contribution is 0.308. The van der Waals surface area contributed by atoms with Gasteiger partial charge in [0.25, 0.3) is 0 Å². The molecule has 1 aromatic rings. The van der Waals surface area contributed by atoms with Crippen molar-refractivity contribution in [2.24, 2.45) is 5.73 Å². The molecule has 0 saturated heterocycles. The van der Waals surface area contributed by atoms with E-state index < -0.39 is 9.84 Å². The zero-order chi connectivity index (χ0) is 14.5. The molecule has 7 heteroatoms. The topological polar surface area (TPSA) is 78.6 Å². The van der Waals surface area contributed by atoms with E-state index in [0.29, 0.717) is 22.1 Å². The first-order valence-electron chi connectivity index (χ1n) is 5.83. The second-order valence-electron chi connectivity index (χ2n) is 3.89. The average molecular weight is 308 g/mol. The first-order valence-corrected chi connectivity index (χ1v) is 8.03. The maximum atomic E-state index is 11.4. The highest BCUT2D eigenvalue weighted by Gasteiger charge is 2.14. The number of nitrogens with two attached hydrogens (primary N) is 1. The predicted molar refractivity (Wildman–Crippen MR) is 75.7 cm³/mol. The predicted octanol–water partition coefficient (Wildman–Crippen LogP) is 1.62. The van der Waals surface area contributed by atoms with Crippen LogP contribution < -0.4 is 15.2 Å². The first-order chi connectivity index (χ1) is 8.93. The van der Waals surface area contributed by atoms with Crippen LogP contribution in [0.15, 0.2) is 12.1 Å². The van der Waals surface area contributed by atoms with Crippen molar-refractivity contribution in [2.75, 3.05) is 25.2 Å². The third kappa shape index (κ3) is 4.56. The number of hydrogen-bond acceptors (Lipinski definition) is 5. The largest absolute Gasteiger partial charge is 0.493 e. The molecule has 1 rings (SSSR count). The van der Waals surface area contributed by atoms with E-state index in [4.69, 9.17) is 26.8 Å². The molecule has 0 aliphatic carbocycles. The van der Waals surface area contributed by atoms with Crippen molar-refractivity contribution in [1.29, 1.82) is 0 Å². The maximum absolute atomic E-state index is 11.4. The van der Waals surface area contributed by atoms with Crippen molar-refractivity contribution >= 4 is 21.4 Å². The van der Waals surface area contributed by atoms with Gasteiger partial charge < -0.3 is 15.2 Å². The van der Waals surface area contributed by atoms with Crippen LogP contribution in [0.2, 0.25) is 5.02 Å². The van der Waals surface area contributed by atoms with Gasteiger partial charge in [0.1, 0.15) is 6.61 Å². The lowest BCUT2D eigenvalue weighted by Gasteiger charge is -2.14. The van der Waals surface area contributed by atoms with Gasteiger partial charge in [0.2, 0.25) is 0 Å². The van der Waals surface area contributed by atoms with E-state index >= 15 is 0 Å². The molecule has 0 radical (unpaired) electrons. The Kier molecular flexibility index (Phi) is 5.90. The Labute approximate surface area is 118 Å². The minimum absolute atomic E-state index is 0.0424. The summed E-state index contributed by atoms with van der Waals surface area (Å²) >= 11 is 5.92. The van der Waals surface area contributed by atoms with E-state index in [-0.39, 0.29) is 24.7 Å².